The molecule has 0 bridgehead atoms. The first-order valence-corrected chi connectivity index (χ1v) is 16.8. The number of allylic oxidation sites excluding steroid dienone is 4. The van der Waals surface area contributed by atoms with E-state index in [1.807, 2.05) is 36.4 Å². The van der Waals surface area contributed by atoms with E-state index in [-0.39, 0.29) is 0 Å². The Labute approximate surface area is 291 Å². The maximum Gasteiger partial charge on any atom is 0.238 e. The number of aromatic nitrogens is 4. The third kappa shape index (κ3) is 4.28. The summed E-state index contributed by atoms with van der Waals surface area (Å²) >= 11 is 0. The van der Waals surface area contributed by atoms with Crippen molar-refractivity contribution in [3.8, 4) is 28.5 Å². The molecule has 9 rings (SSSR count). The minimum Gasteiger partial charge on any atom is -0.277 e. The van der Waals surface area contributed by atoms with Crippen LogP contribution in [0.5, 0.6) is 0 Å². The molecule has 0 aliphatic heterocycles. The Morgan fingerprint density at radius 1 is 0.580 bits per heavy atom. The Balaban J connectivity index is 1.49. The second kappa shape index (κ2) is 11.8. The number of nitrogens with zero attached hydrogens (tertiary/aromatic N) is 4. The van der Waals surface area contributed by atoms with Crippen molar-refractivity contribution in [2.24, 2.45) is 0 Å². The van der Waals surface area contributed by atoms with Crippen LogP contribution in [0.1, 0.15) is 28.1 Å². The Morgan fingerprint density at radius 3 is 1.92 bits per heavy atom. The first-order valence-electron chi connectivity index (χ1n) is 16.8. The van der Waals surface area contributed by atoms with Crippen molar-refractivity contribution in [1.29, 1.82) is 0 Å². The van der Waals surface area contributed by atoms with Crippen LogP contribution in [0, 0.1) is 0 Å². The van der Waals surface area contributed by atoms with Crippen LogP contribution in [-0.4, -0.2) is 19.5 Å². The molecule has 0 atom stereocenters. The van der Waals surface area contributed by atoms with Gasteiger partial charge in [0.25, 0.3) is 0 Å². The van der Waals surface area contributed by atoms with Gasteiger partial charge in [-0.2, -0.15) is 9.97 Å². The molecular weight excluding hydrogens is 609 g/mol. The zero-order valence-electron chi connectivity index (χ0n) is 27.4. The van der Waals surface area contributed by atoms with Gasteiger partial charge in [-0.1, -0.05) is 177 Å². The average Bonchev–Trinajstić information content (AvgIpc) is 3.69. The zero-order valence-corrected chi connectivity index (χ0v) is 27.4. The molecule has 0 spiro atoms. The lowest BCUT2D eigenvalue weighted by Gasteiger charge is -2.34. The van der Waals surface area contributed by atoms with Crippen molar-refractivity contribution >= 4 is 27.4 Å². The van der Waals surface area contributed by atoms with Crippen LogP contribution in [0.4, 0.5) is 0 Å². The molecule has 6 aromatic carbocycles. The maximum atomic E-state index is 5.24. The monoisotopic (exact) mass is 640 g/mol. The molecule has 0 unspecified atom stereocenters. The summed E-state index contributed by atoms with van der Waals surface area (Å²) in [6.45, 7) is 8.02. The highest BCUT2D eigenvalue weighted by molar-refractivity contribution is 6.13. The van der Waals surface area contributed by atoms with Gasteiger partial charge in [0.15, 0.2) is 11.6 Å². The lowest BCUT2D eigenvalue weighted by atomic mass is 9.67. The summed E-state index contributed by atoms with van der Waals surface area (Å²) in [4.78, 5) is 15.4. The van der Waals surface area contributed by atoms with E-state index in [0.29, 0.717) is 17.6 Å². The fraction of sp³-hybridized carbons (Fsp3) is 0.0217. The van der Waals surface area contributed by atoms with Gasteiger partial charge in [0.05, 0.1) is 16.4 Å². The molecule has 0 N–H and O–H groups in total. The van der Waals surface area contributed by atoms with Crippen LogP contribution in [0.25, 0.3) is 55.8 Å². The van der Waals surface area contributed by atoms with Crippen molar-refractivity contribution in [2.45, 2.75) is 5.41 Å². The summed E-state index contributed by atoms with van der Waals surface area (Å²) < 4.78 is 2.25. The van der Waals surface area contributed by atoms with Gasteiger partial charge in [-0.05, 0) is 33.9 Å². The van der Waals surface area contributed by atoms with E-state index in [4.69, 9.17) is 15.0 Å². The molecule has 2 heterocycles. The van der Waals surface area contributed by atoms with Crippen LogP contribution in [0.15, 0.2) is 183 Å². The van der Waals surface area contributed by atoms with Crippen LogP contribution in [0.2, 0.25) is 0 Å². The van der Waals surface area contributed by atoms with E-state index in [9.17, 15) is 0 Å². The SMILES string of the molecule is C=C/C=C(\C=C)c1nc(-c2ccccc2)nc(-n2c3ccccc3c3ccc4c(c32)C(c2ccccc2)(c2ccccc2)c2ccccc2-4)n1. The van der Waals surface area contributed by atoms with Crippen molar-refractivity contribution in [2.75, 3.05) is 0 Å². The van der Waals surface area contributed by atoms with E-state index in [0.717, 1.165) is 32.9 Å². The fourth-order valence-electron chi connectivity index (χ4n) is 7.86. The molecule has 0 radical (unpaired) electrons. The van der Waals surface area contributed by atoms with Crippen LogP contribution >= 0.6 is 0 Å². The number of rotatable bonds is 7. The largest absolute Gasteiger partial charge is 0.277 e. The van der Waals surface area contributed by atoms with Gasteiger partial charge in [-0.15, -0.1) is 0 Å². The number of para-hydroxylation sites is 1. The topological polar surface area (TPSA) is 43.6 Å². The van der Waals surface area contributed by atoms with E-state index in [2.05, 4.69) is 139 Å². The molecule has 0 fully saturated rings. The van der Waals surface area contributed by atoms with Crippen LogP contribution in [0.3, 0.4) is 0 Å². The summed E-state index contributed by atoms with van der Waals surface area (Å²) in [5.41, 5.74) is 10.4. The minimum absolute atomic E-state index is 0.530. The van der Waals surface area contributed by atoms with Crippen molar-refractivity contribution in [3.63, 3.8) is 0 Å². The van der Waals surface area contributed by atoms with Crippen LogP contribution < -0.4 is 0 Å². The number of hydrogen-bond acceptors (Lipinski definition) is 3. The molecule has 4 nitrogen and oxygen atoms in total. The van der Waals surface area contributed by atoms with Crippen molar-refractivity contribution < 1.29 is 0 Å². The van der Waals surface area contributed by atoms with E-state index >= 15 is 0 Å². The predicted molar refractivity (Wildman–Crippen MR) is 205 cm³/mol. The Hall–Kier alpha value is -6.65. The smallest absolute Gasteiger partial charge is 0.238 e. The van der Waals surface area contributed by atoms with E-state index in [1.54, 1.807) is 12.2 Å². The standard InChI is InChI=1S/C46H32N4/c1-3-18-31(4-2)43-47-44(32-19-8-5-9-20-32)49-45(48-43)50-40-28-17-15-26-36(40)38-30-29-37-35-25-14-16-27-39(35)46(41(37)42(38)50,33-21-10-6-11-22-33)34-23-12-7-13-24-34/h3-30H,1-2H2/b31-18+. The van der Waals surface area contributed by atoms with Crippen LogP contribution in [-0.2, 0) is 5.41 Å². The maximum absolute atomic E-state index is 5.24. The number of hydrogen-bond donors (Lipinski definition) is 0. The Morgan fingerprint density at radius 2 is 1.22 bits per heavy atom. The van der Waals surface area contributed by atoms with Gasteiger partial charge in [-0.25, -0.2) is 4.98 Å². The molecule has 1 aliphatic rings. The van der Waals surface area contributed by atoms with Crippen molar-refractivity contribution in [3.05, 3.63) is 211 Å². The molecule has 0 saturated heterocycles. The number of benzene rings is 6. The van der Waals surface area contributed by atoms with E-state index in [1.165, 1.54) is 33.4 Å². The van der Waals surface area contributed by atoms with Gasteiger partial charge < -0.3 is 0 Å². The second-order valence-electron chi connectivity index (χ2n) is 12.5. The van der Waals surface area contributed by atoms with Crippen molar-refractivity contribution in [1.82, 2.24) is 19.5 Å². The average molecular weight is 641 g/mol. The minimum atomic E-state index is -0.618. The highest BCUT2D eigenvalue weighted by atomic mass is 15.2. The lowest BCUT2D eigenvalue weighted by molar-refractivity contribution is 0.770. The summed E-state index contributed by atoms with van der Waals surface area (Å²) in [6.07, 6.45) is 5.39. The first kappa shape index (κ1) is 29.5. The zero-order chi connectivity index (χ0) is 33.7. The number of fused-ring (bicyclic) bond motifs is 7. The summed E-state index contributed by atoms with van der Waals surface area (Å²) in [5.74, 6) is 1.65. The van der Waals surface area contributed by atoms with Gasteiger partial charge in [0.2, 0.25) is 5.95 Å². The summed E-state index contributed by atoms with van der Waals surface area (Å²) in [7, 11) is 0. The van der Waals surface area contributed by atoms with Gasteiger partial charge >= 0.3 is 0 Å². The summed E-state index contributed by atoms with van der Waals surface area (Å²) in [6, 6.07) is 53.8. The normalized spacial score (nSPS) is 13.2. The second-order valence-corrected chi connectivity index (χ2v) is 12.5. The first-order chi connectivity index (χ1) is 24.7. The molecule has 0 saturated carbocycles. The Bertz CT molecular complexity index is 2580. The highest BCUT2D eigenvalue weighted by Gasteiger charge is 2.48. The molecule has 0 amide bonds. The molecule has 1 aliphatic carbocycles. The Kier molecular flexibility index (Phi) is 6.96. The third-order valence-corrected chi connectivity index (χ3v) is 9.88. The molecule has 236 valence electrons. The van der Waals surface area contributed by atoms with Gasteiger partial charge in [0, 0.05) is 27.5 Å². The van der Waals surface area contributed by atoms with E-state index < -0.39 is 5.41 Å². The fourth-order valence-corrected chi connectivity index (χ4v) is 7.86. The quantitative estimate of drug-likeness (QED) is 0.163. The molecule has 50 heavy (non-hydrogen) atoms. The lowest BCUT2D eigenvalue weighted by Crippen LogP contribution is -2.29. The molecule has 4 heteroatoms. The predicted octanol–water partition coefficient (Wildman–Crippen LogP) is 10.8. The molecular formula is C46H32N4. The molecule has 2 aromatic heterocycles. The van der Waals surface area contributed by atoms with Gasteiger partial charge in [0.1, 0.15) is 0 Å². The third-order valence-electron chi connectivity index (χ3n) is 9.88. The van der Waals surface area contributed by atoms with Gasteiger partial charge in [-0.3, -0.25) is 4.57 Å². The molecule has 8 aromatic rings. The summed E-state index contributed by atoms with van der Waals surface area (Å²) in [5, 5.41) is 2.27. The highest BCUT2D eigenvalue weighted by Crippen LogP contribution is 2.58.